The first-order valence-corrected chi connectivity index (χ1v) is 6.35. The summed E-state index contributed by atoms with van der Waals surface area (Å²) in [5, 5.41) is 14.0. The van der Waals surface area contributed by atoms with Crippen LogP contribution in [0.4, 0.5) is 5.69 Å². The smallest absolute Gasteiger partial charge is 0.283 e. The molecule has 0 heterocycles. The van der Waals surface area contributed by atoms with Crippen molar-refractivity contribution in [3.05, 3.63) is 38.3 Å². The Bertz CT molecular complexity index is 409. The van der Waals surface area contributed by atoms with Gasteiger partial charge in [0.2, 0.25) is 0 Å². The predicted molar refractivity (Wildman–Crippen MR) is 72.2 cm³/mol. The molecule has 0 aliphatic carbocycles. The third-order valence-electron chi connectivity index (χ3n) is 3.11. The van der Waals surface area contributed by atoms with Crippen LogP contribution < -0.4 is 5.32 Å². The Labute approximate surface area is 110 Å². The van der Waals surface area contributed by atoms with Gasteiger partial charge in [-0.2, -0.15) is 0 Å². The van der Waals surface area contributed by atoms with Gasteiger partial charge in [-0.3, -0.25) is 10.1 Å². The van der Waals surface area contributed by atoms with E-state index in [1.165, 1.54) is 6.07 Å². The van der Waals surface area contributed by atoms with Gasteiger partial charge in [0.1, 0.15) is 0 Å². The molecule has 1 aromatic carbocycles. The molecule has 0 amide bonds. The molecule has 0 saturated heterocycles. The van der Waals surface area contributed by atoms with Gasteiger partial charge in [-0.1, -0.05) is 19.1 Å². The summed E-state index contributed by atoms with van der Waals surface area (Å²) in [7, 11) is 1.92. The monoisotopic (exact) mass is 300 g/mol. The fraction of sp³-hybridized carbons (Fsp3) is 0.500. The van der Waals surface area contributed by atoms with Crippen molar-refractivity contribution in [2.24, 2.45) is 5.92 Å². The van der Waals surface area contributed by atoms with Crippen molar-refractivity contribution in [3.8, 4) is 0 Å². The second-order valence-corrected chi connectivity index (χ2v) is 5.06. The molecule has 0 bridgehead atoms. The SMILES string of the molecule is CNC(C)C(C)Cc1cccc([N+](=O)[O-])c1Br. The van der Waals surface area contributed by atoms with E-state index in [9.17, 15) is 10.1 Å². The Morgan fingerprint density at radius 3 is 2.65 bits per heavy atom. The first-order chi connectivity index (χ1) is 7.97. The maximum Gasteiger partial charge on any atom is 0.283 e. The molecule has 0 aromatic heterocycles. The highest BCUT2D eigenvalue weighted by Crippen LogP contribution is 2.30. The van der Waals surface area contributed by atoms with Gasteiger partial charge in [-0.05, 0) is 47.8 Å². The highest BCUT2D eigenvalue weighted by Gasteiger charge is 2.18. The lowest BCUT2D eigenvalue weighted by molar-refractivity contribution is -0.385. The second-order valence-electron chi connectivity index (χ2n) is 4.27. The lowest BCUT2D eigenvalue weighted by Gasteiger charge is -2.19. The van der Waals surface area contributed by atoms with Crippen LogP contribution in [-0.2, 0) is 6.42 Å². The van der Waals surface area contributed by atoms with E-state index in [0.29, 0.717) is 16.4 Å². The first-order valence-electron chi connectivity index (χ1n) is 5.56. The summed E-state index contributed by atoms with van der Waals surface area (Å²) < 4.78 is 0.597. The third kappa shape index (κ3) is 3.51. The maximum atomic E-state index is 10.8. The quantitative estimate of drug-likeness (QED) is 0.671. The van der Waals surface area contributed by atoms with Crippen LogP contribution in [0.15, 0.2) is 22.7 Å². The lowest BCUT2D eigenvalue weighted by Crippen LogP contribution is -2.29. The van der Waals surface area contributed by atoms with Crippen molar-refractivity contribution in [2.45, 2.75) is 26.3 Å². The van der Waals surface area contributed by atoms with Crippen LogP contribution in [0.25, 0.3) is 0 Å². The molecule has 0 saturated carbocycles. The van der Waals surface area contributed by atoms with Crippen molar-refractivity contribution in [1.82, 2.24) is 5.32 Å². The van der Waals surface area contributed by atoms with E-state index in [-0.39, 0.29) is 10.6 Å². The minimum absolute atomic E-state index is 0.131. The first kappa shape index (κ1) is 14.1. The minimum atomic E-state index is -0.361. The molecule has 1 rings (SSSR count). The van der Waals surface area contributed by atoms with Gasteiger partial charge in [0.05, 0.1) is 9.40 Å². The van der Waals surface area contributed by atoms with Gasteiger partial charge >= 0.3 is 0 Å². The minimum Gasteiger partial charge on any atom is -0.317 e. The van der Waals surface area contributed by atoms with Crippen molar-refractivity contribution in [1.29, 1.82) is 0 Å². The number of benzene rings is 1. The lowest BCUT2D eigenvalue weighted by atomic mass is 9.95. The molecular formula is C12H17BrN2O2. The molecule has 0 fully saturated rings. The molecule has 0 radical (unpaired) electrons. The van der Waals surface area contributed by atoms with Crippen LogP contribution in [0, 0.1) is 16.0 Å². The Balaban J connectivity index is 2.92. The fourth-order valence-electron chi connectivity index (χ4n) is 1.67. The van der Waals surface area contributed by atoms with Crippen LogP contribution in [0.5, 0.6) is 0 Å². The Hall–Kier alpha value is -0.940. The number of nitrogens with one attached hydrogen (secondary N) is 1. The molecule has 0 spiro atoms. The summed E-state index contributed by atoms with van der Waals surface area (Å²) in [6.45, 7) is 4.24. The van der Waals surface area contributed by atoms with Crippen LogP contribution in [0.1, 0.15) is 19.4 Å². The summed E-state index contributed by atoms with van der Waals surface area (Å²) in [5.41, 5.74) is 1.11. The van der Waals surface area contributed by atoms with Crippen molar-refractivity contribution in [3.63, 3.8) is 0 Å². The summed E-state index contributed by atoms with van der Waals surface area (Å²) in [6.07, 6.45) is 0.810. The van der Waals surface area contributed by atoms with Gasteiger partial charge in [-0.25, -0.2) is 0 Å². The third-order valence-corrected chi connectivity index (χ3v) is 4.02. The molecule has 1 N–H and O–H groups in total. The second kappa shape index (κ2) is 6.12. The summed E-state index contributed by atoms with van der Waals surface area (Å²) in [6, 6.07) is 5.55. The van der Waals surface area contributed by atoms with E-state index in [0.717, 1.165) is 12.0 Å². The number of rotatable bonds is 5. The van der Waals surface area contributed by atoms with E-state index in [1.807, 2.05) is 13.1 Å². The van der Waals surface area contributed by atoms with Crippen LogP contribution in [-0.4, -0.2) is 18.0 Å². The number of hydrogen-bond donors (Lipinski definition) is 1. The maximum absolute atomic E-state index is 10.8. The van der Waals surface area contributed by atoms with E-state index < -0.39 is 0 Å². The molecular weight excluding hydrogens is 284 g/mol. The van der Waals surface area contributed by atoms with Crippen molar-refractivity contribution < 1.29 is 4.92 Å². The zero-order chi connectivity index (χ0) is 13.0. The molecule has 5 heteroatoms. The van der Waals surface area contributed by atoms with Crippen LogP contribution >= 0.6 is 15.9 Å². The molecule has 2 unspecified atom stereocenters. The number of nitrogens with zero attached hydrogens (tertiary/aromatic N) is 1. The highest BCUT2D eigenvalue weighted by atomic mass is 79.9. The summed E-state index contributed by atoms with van der Waals surface area (Å²) in [5.74, 6) is 0.415. The zero-order valence-electron chi connectivity index (χ0n) is 10.2. The van der Waals surface area contributed by atoms with Gasteiger partial charge in [-0.15, -0.1) is 0 Å². The van der Waals surface area contributed by atoms with Gasteiger partial charge in [0, 0.05) is 12.1 Å². The van der Waals surface area contributed by atoms with Gasteiger partial charge in [0.25, 0.3) is 5.69 Å². The highest BCUT2D eigenvalue weighted by molar-refractivity contribution is 9.10. The molecule has 4 nitrogen and oxygen atoms in total. The number of halogens is 1. The van der Waals surface area contributed by atoms with Crippen LogP contribution in [0.3, 0.4) is 0 Å². The Morgan fingerprint density at radius 1 is 1.47 bits per heavy atom. The average molecular weight is 301 g/mol. The molecule has 1 aromatic rings. The molecule has 94 valence electrons. The van der Waals surface area contributed by atoms with E-state index >= 15 is 0 Å². The number of nitro benzene ring substituents is 1. The molecule has 2 atom stereocenters. The van der Waals surface area contributed by atoms with Crippen LogP contribution in [0.2, 0.25) is 0 Å². The van der Waals surface area contributed by atoms with E-state index in [1.54, 1.807) is 6.07 Å². The zero-order valence-corrected chi connectivity index (χ0v) is 11.8. The Morgan fingerprint density at radius 2 is 2.12 bits per heavy atom. The van der Waals surface area contributed by atoms with E-state index in [2.05, 4.69) is 35.1 Å². The van der Waals surface area contributed by atoms with Gasteiger partial charge in [0.15, 0.2) is 0 Å². The van der Waals surface area contributed by atoms with Gasteiger partial charge < -0.3 is 5.32 Å². The summed E-state index contributed by atoms with van der Waals surface area (Å²) >= 11 is 3.32. The largest absolute Gasteiger partial charge is 0.317 e. The number of hydrogen-bond acceptors (Lipinski definition) is 3. The summed E-state index contributed by atoms with van der Waals surface area (Å²) in [4.78, 5) is 10.5. The van der Waals surface area contributed by atoms with Crippen molar-refractivity contribution in [2.75, 3.05) is 7.05 Å². The average Bonchev–Trinajstić information content (AvgIpc) is 2.30. The fourth-order valence-corrected chi connectivity index (χ4v) is 2.24. The molecule has 17 heavy (non-hydrogen) atoms. The number of nitro groups is 1. The Kier molecular flexibility index (Phi) is 5.08. The molecule has 0 aliphatic heterocycles. The standard InChI is InChI=1S/C12H17BrN2O2/c1-8(9(2)14-3)7-10-5-4-6-11(12(10)13)15(16)17/h4-6,8-9,14H,7H2,1-3H3. The molecule has 0 aliphatic rings. The van der Waals surface area contributed by atoms with Crippen molar-refractivity contribution >= 4 is 21.6 Å². The predicted octanol–water partition coefficient (Wildman–Crippen LogP) is 3.14. The normalized spacial score (nSPS) is 14.4. The van der Waals surface area contributed by atoms with E-state index in [4.69, 9.17) is 0 Å². The topological polar surface area (TPSA) is 55.2 Å².